The lowest BCUT2D eigenvalue weighted by molar-refractivity contribution is -0.132. The molecule has 6 N–H and O–H groups in total. The van der Waals surface area contributed by atoms with E-state index in [1.54, 1.807) is 6.92 Å². The molecule has 1 saturated heterocycles. The van der Waals surface area contributed by atoms with E-state index in [4.69, 9.17) is 10.5 Å². The number of hydrogen-bond donors (Lipinski definition) is 5. The molecule has 1 aliphatic heterocycles. The minimum Gasteiger partial charge on any atom is -0.387 e. The number of amides is 1. The molecule has 2 aromatic heterocycles. The van der Waals surface area contributed by atoms with Crippen LogP contribution < -0.4 is 11.1 Å². The van der Waals surface area contributed by atoms with E-state index in [9.17, 15) is 20.1 Å². The van der Waals surface area contributed by atoms with E-state index in [-0.39, 0.29) is 12.2 Å². The molecular weight excluding hydrogens is 447 g/mol. The normalized spacial score (nSPS) is 27.6. The number of aromatic nitrogens is 4. The van der Waals surface area contributed by atoms with Gasteiger partial charge in [-0.2, -0.15) is 0 Å². The Balaban J connectivity index is 1.90. The number of nitrogens with one attached hydrogen (secondary N) is 1. The molecule has 11 nitrogen and oxygen atoms in total. The third kappa shape index (κ3) is 3.27. The summed E-state index contributed by atoms with van der Waals surface area (Å²) in [6.45, 7) is 1.62. The van der Waals surface area contributed by atoms with Crippen LogP contribution in [0.5, 0.6) is 0 Å². The van der Waals surface area contributed by atoms with E-state index in [0.29, 0.717) is 15.0 Å². The number of aliphatic hydroxyl groups excluding tert-OH is 3. The molecule has 25 heavy (non-hydrogen) atoms. The van der Waals surface area contributed by atoms with Crippen molar-refractivity contribution in [3.8, 4) is 0 Å². The van der Waals surface area contributed by atoms with Crippen molar-refractivity contribution in [2.75, 3.05) is 5.73 Å². The van der Waals surface area contributed by atoms with Gasteiger partial charge in [0.15, 0.2) is 27.8 Å². The van der Waals surface area contributed by atoms with Gasteiger partial charge in [0.25, 0.3) is 0 Å². The molecular formula is C13H17IN6O5. The van der Waals surface area contributed by atoms with Crippen LogP contribution in [0, 0.1) is 3.83 Å². The van der Waals surface area contributed by atoms with Crippen LogP contribution in [0.3, 0.4) is 0 Å². The number of carbonyl (C=O) groups is 1. The van der Waals surface area contributed by atoms with Crippen LogP contribution >= 0.6 is 22.6 Å². The van der Waals surface area contributed by atoms with Crippen LogP contribution in [0.2, 0.25) is 0 Å². The number of rotatable bonds is 4. The monoisotopic (exact) mass is 464 g/mol. The number of nitrogen functional groups attached to an aromatic ring is 1. The zero-order valence-electron chi connectivity index (χ0n) is 13.1. The topological polar surface area (TPSA) is 169 Å². The third-order valence-corrected chi connectivity index (χ3v) is 4.39. The van der Waals surface area contributed by atoms with Gasteiger partial charge in [-0.05, 0) is 0 Å². The van der Waals surface area contributed by atoms with Crippen molar-refractivity contribution in [3.05, 3.63) is 10.2 Å². The number of halogens is 1. The van der Waals surface area contributed by atoms with Crippen molar-refractivity contribution >= 4 is 45.5 Å². The minimum atomic E-state index is -1.48. The van der Waals surface area contributed by atoms with Crippen molar-refractivity contribution < 1.29 is 24.9 Å². The lowest BCUT2D eigenvalue weighted by Gasteiger charge is -2.21. The fraction of sp³-hybridized carbons (Fsp3) is 0.538. The van der Waals surface area contributed by atoms with Gasteiger partial charge in [0.1, 0.15) is 23.8 Å². The average molecular weight is 464 g/mol. The Hall–Kier alpha value is -1.61. The van der Waals surface area contributed by atoms with Crippen molar-refractivity contribution in [1.82, 2.24) is 24.8 Å². The molecule has 5 atom stereocenters. The van der Waals surface area contributed by atoms with Gasteiger partial charge in [-0.1, -0.05) is 6.92 Å². The summed E-state index contributed by atoms with van der Waals surface area (Å²) in [6.07, 6.45) is -5.04. The number of nitrogens with zero attached hydrogens (tertiary/aromatic N) is 4. The zero-order valence-corrected chi connectivity index (χ0v) is 15.2. The molecule has 1 aliphatic rings. The van der Waals surface area contributed by atoms with E-state index >= 15 is 0 Å². The van der Waals surface area contributed by atoms with Crippen molar-refractivity contribution in [3.63, 3.8) is 0 Å². The smallest absolute Gasteiger partial charge is 0.221 e. The molecule has 0 spiro atoms. The number of carbonyl (C=O) groups excluding carboxylic acids is 1. The summed E-state index contributed by atoms with van der Waals surface area (Å²) in [5, 5.41) is 32.8. The Bertz CT molecular complexity index is 801. The van der Waals surface area contributed by atoms with Crippen LogP contribution in [0.15, 0.2) is 6.33 Å². The third-order valence-electron chi connectivity index (χ3n) is 3.91. The predicted molar refractivity (Wildman–Crippen MR) is 92.8 cm³/mol. The van der Waals surface area contributed by atoms with Crippen LogP contribution in [0.1, 0.15) is 19.6 Å². The fourth-order valence-corrected chi connectivity index (χ4v) is 3.11. The van der Waals surface area contributed by atoms with Gasteiger partial charge >= 0.3 is 0 Å². The molecule has 0 aromatic carbocycles. The summed E-state index contributed by atoms with van der Waals surface area (Å²) in [6, 6.07) is 0. The van der Waals surface area contributed by atoms with Gasteiger partial charge in [0.2, 0.25) is 5.91 Å². The quantitative estimate of drug-likeness (QED) is 0.205. The lowest BCUT2D eigenvalue weighted by atomic mass is 10.1. The molecule has 2 aromatic rings. The molecule has 0 saturated carbocycles. The molecule has 1 amide bonds. The van der Waals surface area contributed by atoms with Gasteiger partial charge in [-0.3, -0.25) is 9.36 Å². The van der Waals surface area contributed by atoms with Gasteiger partial charge < -0.3 is 31.1 Å². The Morgan fingerprint density at radius 2 is 2.20 bits per heavy atom. The lowest BCUT2D eigenvalue weighted by Crippen LogP contribution is -2.48. The molecule has 0 radical (unpaired) electrons. The number of imidazole rings is 1. The summed E-state index contributed by atoms with van der Waals surface area (Å²) < 4.78 is 7.36. The van der Waals surface area contributed by atoms with Crippen LogP contribution in [0.25, 0.3) is 11.2 Å². The largest absolute Gasteiger partial charge is 0.387 e. The predicted octanol–water partition coefficient (Wildman–Crippen LogP) is -1.52. The summed E-state index contributed by atoms with van der Waals surface area (Å²) >= 11 is 1.89. The number of hydrogen-bond acceptors (Lipinski definition) is 9. The first-order valence-electron chi connectivity index (χ1n) is 7.48. The second-order valence-corrected chi connectivity index (χ2v) is 6.51. The molecule has 136 valence electrons. The second kappa shape index (κ2) is 6.95. The number of anilines is 1. The zero-order chi connectivity index (χ0) is 18.3. The number of nitrogens with two attached hydrogens (primary N) is 1. The van der Waals surface area contributed by atoms with Crippen molar-refractivity contribution in [1.29, 1.82) is 0 Å². The SMILES string of the molecule is CCC(=O)NC(O)[C@H]1O[C@@H](n2cnc3c(N)nc(I)nc32)[C@H](O)[C@@H]1O. The average Bonchev–Trinajstić information content (AvgIpc) is 3.09. The summed E-state index contributed by atoms with van der Waals surface area (Å²) in [4.78, 5) is 23.7. The van der Waals surface area contributed by atoms with E-state index in [2.05, 4.69) is 20.3 Å². The first-order chi connectivity index (χ1) is 11.8. The molecule has 3 rings (SSSR count). The fourth-order valence-electron chi connectivity index (χ4n) is 2.62. The summed E-state index contributed by atoms with van der Waals surface area (Å²) in [7, 11) is 0. The number of ether oxygens (including phenoxy) is 1. The molecule has 0 bridgehead atoms. The van der Waals surface area contributed by atoms with Gasteiger partial charge in [-0.15, -0.1) is 0 Å². The van der Waals surface area contributed by atoms with Crippen molar-refractivity contribution in [2.24, 2.45) is 0 Å². The van der Waals surface area contributed by atoms with Gasteiger partial charge in [0, 0.05) is 29.0 Å². The minimum absolute atomic E-state index is 0.159. The van der Waals surface area contributed by atoms with E-state index in [1.807, 2.05) is 22.6 Å². The number of aliphatic hydroxyl groups is 3. The number of fused-ring (bicyclic) bond motifs is 1. The molecule has 1 unspecified atom stereocenters. The van der Waals surface area contributed by atoms with E-state index in [1.165, 1.54) is 10.9 Å². The molecule has 3 heterocycles. The highest BCUT2D eigenvalue weighted by Crippen LogP contribution is 2.33. The highest BCUT2D eigenvalue weighted by atomic mass is 127. The standard InChI is InChI=1S/C13H17IN6O5/c1-2-4(21)17-11(24)8-6(22)7(23)12(25-8)20-3-16-5-9(15)18-13(14)19-10(5)20/h3,6-8,11-12,22-24H,2H2,1H3,(H,17,21)(H2,15,18,19)/t6-,7+,8-,11?,12+/m0/s1. The Morgan fingerprint density at radius 3 is 2.88 bits per heavy atom. The van der Waals surface area contributed by atoms with E-state index in [0.717, 1.165) is 0 Å². The van der Waals surface area contributed by atoms with Crippen LogP contribution in [-0.2, 0) is 9.53 Å². The molecule has 12 heteroatoms. The Morgan fingerprint density at radius 1 is 1.48 bits per heavy atom. The van der Waals surface area contributed by atoms with Crippen molar-refractivity contribution in [2.45, 2.75) is 44.1 Å². The highest BCUT2D eigenvalue weighted by molar-refractivity contribution is 14.1. The maximum absolute atomic E-state index is 11.4. The highest BCUT2D eigenvalue weighted by Gasteiger charge is 2.47. The van der Waals surface area contributed by atoms with Crippen LogP contribution in [0.4, 0.5) is 5.82 Å². The van der Waals surface area contributed by atoms with Crippen LogP contribution in [-0.4, -0.2) is 65.3 Å². The molecule has 0 aliphatic carbocycles. The van der Waals surface area contributed by atoms with Gasteiger partial charge in [-0.25, -0.2) is 15.0 Å². The maximum atomic E-state index is 11.4. The second-order valence-electron chi connectivity index (χ2n) is 5.54. The Kier molecular flexibility index (Phi) is 5.06. The Labute approximate surface area is 155 Å². The van der Waals surface area contributed by atoms with E-state index < -0.39 is 36.7 Å². The molecule has 1 fully saturated rings. The first kappa shape index (κ1) is 18.2. The summed E-state index contributed by atoms with van der Waals surface area (Å²) in [5.74, 6) is -0.239. The first-order valence-corrected chi connectivity index (χ1v) is 8.56. The summed E-state index contributed by atoms with van der Waals surface area (Å²) in [5.41, 5.74) is 6.45. The van der Waals surface area contributed by atoms with Gasteiger partial charge in [0.05, 0.1) is 6.33 Å². The maximum Gasteiger partial charge on any atom is 0.221 e.